The highest BCUT2D eigenvalue weighted by molar-refractivity contribution is 6.05. The molecule has 2 rings (SSSR count). The number of ether oxygens (including phenoxy) is 2. The molecule has 0 aliphatic carbocycles. The highest BCUT2D eigenvalue weighted by Crippen LogP contribution is 2.37. The zero-order valence-electron chi connectivity index (χ0n) is 18.5. The Bertz CT molecular complexity index is 975. The third-order valence-electron chi connectivity index (χ3n) is 4.31. The molecule has 2 aromatic carbocycles. The van der Waals surface area contributed by atoms with Gasteiger partial charge in [-0.2, -0.15) is 13.2 Å². The van der Waals surface area contributed by atoms with Crippen molar-refractivity contribution in [2.75, 3.05) is 38.0 Å². The molecule has 2 aromatic rings. The lowest BCUT2D eigenvalue weighted by atomic mass is 10.1. The first-order valence-electron chi connectivity index (χ1n) is 9.72. The molecule has 32 heavy (non-hydrogen) atoms. The van der Waals surface area contributed by atoms with Crippen molar-refractivity contribution in [3.05, 3.63) is 47.5 Å². The van der Waals surface area contributed by atoms with Crippen LogP contribution in [0.4, 0.5) is 24.5 Å². The minimum Gasteiger partial charge on any atom is -0.493 e. The number of hydrogen-bond acceptors (Lipinski definition) is 5. The van der Waals surface area contributed by atoms with Gasteiger partial charge < -0.3 is 25.0 Å². The number of carbonyl (C=O) groups is 2. The van der Waals surface area contributed by atoms with Gasteiger partial charge in [0, 0.05) is 31.4 Å². The van der Waals surface area contributed by atoms with E-state index in [1.165, 1.54) is 42.3 Å². The predicted molar refractivity (Wildman–Crippen MR) is 115 cm³/mol. The van der Waals surface area contributed by atoms with Gasteiger partial charge >= 0.3 is 6.18 Å². The van der Waals surface area contributed by atoms with E-state index in [4.69, 9.17) is 9.47 Å². The molecule has 0 heterocycles. The second-order valence-electron chi connectivity index (χ2n) is 7.45. The highest BCUT2D eigenvalue weighted by Gasteiger charge is 2.34. The maximum atomic E-state index is 13.5. The first-order valence-corrected chi connectivity index (χ1v) is 9.72. The van der Waals surface area contributed by atoms with E-state index in [0.29, 0.717) is 5.69 Å². The molecule has 174 valence electrons. The molecular formula is C22H26F3N3O4. The van der Waals surface area contributed by atoms with Crippen molar-refractivity contribution in [2.45, 2.75) is 26.1 Å². The van der Waals surface area contributed by atoms with Gasteiger partial charge in [0.25, 0.3) is 11.8 Å². The van der Waals surface area contributed by atoms with Crippen LogP contribution in [0.25, 0.3) is 0 Å². The van der Waals surface area contributed by atoms with Gasteiger partial charge in [0.15, 0.2) is 18.1 Å². The van der Waals surface area contributed by atoms with Crippen LogP contribution in [0.15, 0.2) is 36.4 Å². The molecule has 0 saturated carbocycles. The van der Waals surface area contributed by atoms with Crippen LogP contribution in [0.3, 0.4) is 0 Å². The maximum Gasteiger partial charge on any atom is 0.418 e. The number of hydrogen-bond donors (Lipinski definition) is 2. The van der Waals surface area contributed by atoms with Crippen LogP contribution in [-0.4, -0.2) is 45.7 Å². The summed E-state index contributed by atoms with van der Waals surface area (Å²) in [6.45, 7) is 3.36. The van der Waals surface area contributed by atoms with Crippen LogP contribution in [0.2, 0.25) is 0 Å². The zero-order chi connectivity index (χ0) is 24.1. The molecule has 0 bridgehead atoms. The summed E-state index contributed by atoms with van der Waals surface area (Å²) in [6, 6.07) is 7.71. The second kappa shape index (κ2) is 10.3. The molecule has 2 amide bonds. The third-order valence-corrected chi connectivity index (χ3v) is 4.31. The fourth-order valence-electron chi connectivity index (χ4n) is 2.78. The van der Waals surface area contributed by atoms with E-state index >= 15 is 0 Å². The van der Waals surface area contributed by atoms with Gasteiger partial charge in [0.05, 0.1) is 18.4 Å². The molecule has 0 aliphatic heterocycles. The van der Waals surface area contributed by atoms with Crippen molar-refractivity contribution < 1.29 is 32.2 Å². The Morgan fingerprint density at radius 1 is 1.06 bits per heavy atom. The van der Waals surface area contributed by atoms with E-state index in [0.717, 1.165) is 6.07 Å². The molecule has 0 radical (unpaired) electrons. The number of nitrogens with one attached hydrogen (secondary N) is 2. The molecule has 0 fully saturated rings. The van der Waals surface area contributed by atoms with Crippen LogP contribution in [0.1, 0.15) is 29.8 Å². The van der Waals surface area contributed by atoms with Crippen molar-refractivity contribution >= 4 is 23.2 Å². The number of amides is 2. The van der Waals surface area contributed by atoms with E-state index in [9.17, 15) is 22.8 Å². The number of anilines is 2. The normalized spacial score (nSPS) is 11.2. The fraction of sp³-hybridized carbons (Fsp3) is 0.364. The van der Waals surface area contributed by atoms with Crippen LogP contribution < -0.4 is 25.0 Å². The smallest absolute Gasteiger partial charge is 0.418 e. The molecule has 0 atom stereocenters. The third kappa shape index (κ3) is 6.53. The van der Waals surface area contributed by atoms with Crippen molar-refractivity contribution in [3.63, 3.8) is 0 Å². The second-order valence-corrected chi connectivity index (χ2v) is 7.45. The standard InChI is InChI=1S/C22H26F3N3O4/c1-13(2)26-20(29)12-32-18-9-6-14(10-19(18)31-5)21(30)27-17-8-7-15(28(3)4)11-16(17)22(23,24)25/h6-11,13H,12H2,1-5H3,(H,26,29)(H,27,30). The summed E-state index contributed by atoms with van der Waals surface area (Å²) in [5.74, 6) is -0.705. The number of methoxy groups -OCH3 is 1. The SMILES string of the molecule is COc1cc(C(=O)Nc2ccc(N(C)C)cc2C(F)(F)F)ccc1OCC(=O)NC(C)C. The Morgan fingerprint density at radius 3 is 2.31 bits per heavy atom. The van der Waals surface area contributed by atoms with Gasteiger partial charge in [-0.3, -0.25) is 9.59 Å². The largest absolute Gasteiger partial charge is 0.493 e. The van der Waals surface area contributed by atoms with Crippen LogP contribution in [0.5, 0.6) is 11.5 Å². The first kappa shape index (κ1) is 24.8. The van der Waals surface area contributed by atoms with Crippen LogP contribution >= 0.6 is 0 Å². The van der Waals surface area contributed by atoms with Crippen molar-refractivity contribution in [2.24, 2.45) is 0 Å². The Hall–Kier alpha value is -3.43. The van der Waals surface area contributed by atoms with Crippen LogP contribution in [-0.2, 0) is 11.0 Å². The van der Waals surface area contributed by atoms with Crippen molar-refractivity contribution in [3.8, 4) is 11.5 Å². The quantitative estimate of drug-likeness (QED) is 0.633. The minimum atomic E-state index is -4.65. The molecular weight excluding hydrogens is 427 g/mol. The van der Waals surface area contributed by atoms with Crippen LogP contribution in [0, 0.1) is 0 Å². The number of nitrogens with zero attached hydrogens (tertiary/aromatic N) is 1. The lowest BCUT2D eigenvalue weighted by Gasteiger charge is -2.19. The Morgan fingerprint density at radius 2 is 1.75 bits per heavy atom. The summed E-state index contributed by atoms with van der Waals surface area (Å²) in [7, 11) is 4.59. The fourth-order valence-corrected chi connectivity index (χ4v) is 2.78. The highest BCUT2D eigenvalue weighted by atomic mass is 19.4. The number of halogens is 3. The number of benzene rings is 2. The van der Waals surface area contributed by atoms with Crippen molar-refractivity contribution in [1.29, 1.82) is 0 Å². The van der Waals surface area contributed by atoms with Crippen molar-refractivity contribution in [1.82, 2.24) is 5.32 Å². The van der Waals surface area contributed by atoms with Gasteiger partial charge in [-0.05, 0) is 50.2 Å². The summed E-state index contributed by atoms with van der Waals surface area (Å²) in [4.78, 5) is 25.9. The van der Waals surface area contributed by atoms with Gasteiger partial charge in [0.1, 0.15) is 0 Å². The van der Waals surface area contributed by atoms with Gasteiger partial charge in [-0.1, -0.05) is 0 Å². The molecule has 0 spiro atoms. The molecule has 0 aromatic heterocycles. The Labute approximate surface area is 184 Å². The van der Waals surface area contributed by atoms with E-state index in [-0.39, 0.29) is 41.3 Å². The summed E-state index contributed by atoms with van der Waals surface area (Å²) < 4.78 is 51.1. The summed E-state index contributed by atoms with van der Waals surface area (Å²) in [5.41, 5.74) is -0.913. The van der Waals surface area contributed by atoms with E-state index in [1.54, 1.807) is 14.1 Å². The van der Waals surface area contributed by atoms with E-state index in [1.807, 2.05) is 13.8 Å². The topological polar surface area (TPSA) is 79.9 Å². The molecule has 2 N–H and O–H groups in total. The average molecular weight is 453 g/mol. The number of carbonyl (C=O) groups excluding carboxylic acids is 2. The summed E-state index contributed by atoms with van der Waals surface area (Å²) in [6.07, 6.45) is -4.65. The molecule has 7 nitrogen and oxygen atoms in total. The first-order chi connectivity index (χ1) is 14.9. The Kier molecular flexibility index (Phi) is 7.96. The average Bonchev–Trinajstić information content (AvgIpc) is 2.70. The Balaban J connectivity index is 2.23. The van der Waals surface area contributed by atoms with E-state index < -0.39 is 17.6 Å². The lowest BCUT2D eigenvalue weighted by molar-refractivity contribution is -0.136. The zero-order valence-corrected chi connectivity index (χ0v) is 18.5. The summed E-state index contributed by atoms with van der Waals surface area (Å²) in [5, 5.41) is 4.98. The number of rotatable bonds is 8. The monoisotopic (exact) mass is 453 g/mol. The van der Waals surface area contributed by atoms with E-state index in [2.05, 4.69) is 10.6 Å². The number of alkyl halides is 3. The molecule has 0 unspecified atom stereocenters. The maximum absolute atomic E-state index is 13.5. The van der Waals surface area contributed by atoms with Gasteiger partial charge in [0.2, 0.25) is 0 Å². The molecule has 0 aliphatic rings. The predicted octanol–water partition coefficient (Wildman–Crippen LogP) is 3.94. The minimum absolute atomic E-state index is 0.0487. The molecule has 10 heteroatoms. The van der Waals surface area contributed by atoms with Gasteiger partial charge in [-0.25, -0.2) is 0 Å². The lowest BCUT2D eigenvalue weighted by Crippen LogP contribution is -2.34. The van der Waals surface area contributed by atoms with Gasteiger partial charge in [-0.15, -0.1) is 0 Å². The summed E-state index contributed by atoms with van der Waals surface area (Å²) >= 11 is 0. The molecule has 0 saturated heterocycles.